The second-order valence-electron chi connectivity index (χ2n) is 5.16. The summed E-state index contributed by atoms with van der Waals surface area (Å²) < 4.78 is 11.0. The Bertz CT molecular complexity index is 546. The summed E-state index contributed by atoms with van der Waals surface area (Å²) in [6, 6.07) is 7.15. The predicted molar refractivity (Wildman–Crippen MR) is 69.9 cm³/mol. The molecule has 6 heteroatoms. The molecule has 1 fully saturated rings. The number of fused-ring (bicyclic) bond motifs is 1. The van der Waals surface area contributed by atoms with Gasteiger partial charge in [-0.2, -0.15) is 0 Å². The van der Waals surface area contributed by atoms with Crippen molar-refractivity contribution >= 4 is 11.8 Å². The Labute approximate surface area is 116 Å². The maximum atomic E-state index is 11.9. The van der Waals surface area contributed by atoms with Crippen LogP contribution in [0, 0.1) is 11.8 Å². The molecule has 1 aliphatic heterocycles. The molecule has 2 N–H and O–H groups in total. The highest BCUT2D eigenvalue weighted by Gasteiger charge is 2.39. The molecule has 0 saturated heterocycles. The zero-order chi connectivity index (χ0) is 14.1. The number of nitrogens with one attached hydrogen (secondary N) is 2. The van der Waals surface area contributed by atoms with E-state index in [1.165, 1.54) is 0 Å². The van der Waals surface area contributed by atoms with E-state index in [2.05, 4.69) is 10.9 Å². The van der Waals surface area contributed by atoms with Crippen LogP contribution in [0.2, 0.25) is 0 Å². The minimum atomic E-state index is -0.762. The number of hydrogen-bond donors (Lipinski definition) is 2. The van der Waals surface area contributed by atoms with Gasteiger partial charge in [-0.1, -0.05) is 19.1 Å². The summed E-state index contributed by atoms with van der Waals surface area (Å²) in [4.78, 5) is 23.5. The van der Waals surface area contributed by atoms with E-state index in [1.54, 1.807) is 18.2 Å². The number of amides is 2. The molecule has 1 heterocycles. The van der Waals surface area contributed by atoms with E-state index in [9.17, 15) is 9.59 Å². The SMILES string of the molecule is CC1CC1C(=O)NNC(=O)C1COc2ccccc2O1. The average Bonchev–Trinajstić information content (AvgIpc) is 3.21. The first-order valence-electron chi connectivity index (χ1n) is 6.63. The van der Waals surface area contributed by atoms with Crippen LogP contribution >= 0.6 is 0 Å². The lowest BCUT2D eigenvalue weighted by atomic mass is 10.2. The molecule has 2 aliphatic rings. The van der Waals surface area contributed by atoms with Crippen LogP contribution in [0.15, 0.2) is 24.3 Å². The first kappa shape index (κ1) is 12.8. The summed E-state index contributed by atoms with van der Waals surface area (Å²) in [7, 11) is 0. The third kappa shape index (κ3) is 2.54. The van der Waals surface area contributed by atoms with Crippen molar-refractivity contribution in [3.05, 3.63) is 24.3 Å². The largest absolute Gasteiger partial charge is 0.485 e. The Kier molecular flexibility index (Phi) is 3.22. The van der Waals surface area contributed by atoms with Gasteiger partial charge in [0, 0.05) is 5.92 Å². The predicted octanol–water partition coefficient (Wildman–Crippen LogP) is 0.630. The fraction of sp³-hybridized carbons (Fsp3) is 0.429. The van der Waals surface area contributed by atoms with E-state index < -0.39 is 12.0 Å². The molecule has 3 unspecified atom stereocenters. The second-order valence-corrected chi connectivity index (χ2v) is 5.16. The lowest BCUT2D eigenvalue weighted by Crippen LogP contribution is -2.51. The van der Waals surface area contributed by atoms with Crippen molar-refractivity contribution in [2.75, 3.05) is 6.61 Å². The number of benzene rings is 1. The van der Waals surface area contributed by atoms with Gasteiger partial charge < -0.3 is 9.47 Å². The van der Waals surface area contributed by atoms with Crippen LogP contribution in [0.1, 0.15) is 13.3 Å². The van der Waals surface area contributed by atoms with Crippen molar-refractivity contribution in [1.29, 1.82) is 0 Å². The zero-order valence-corrected chi connectivity index (χ0v) is 11.1. The van der Waals surface area contributed by atoms with E-state index in [4.69, 9.17) is 9.47 Å². The molecule has 1 aliphatic carbocycles. The van der Waals surface area contributed by atoms with Crippen molar-refractivity contribution in [2.45, 2.75) is 19.4 Å². The summed E-state index contributed by atoms with van der Waals surface area (Å²) in [5, 5.41) is 0. The van der Waals surface area contributed by atoms with Crippen LogP contribution in [-0.2, 0) is 9.59 Å². The molecule has 0 spiro atoms. The Hall–Kier alpha value is -2.24. The average molecular weight is 276 g/mol. The molecule has 1 aromatic rings. The van der Waals surface area contributed by atoms with Gasteiger partial charge in [0.25, 0.3) is 5.91 Å². The molecular weight excluding hydrogens is 260 g/mol. The molecule has 1 saturated carbocycles. The third-order valence-corrected chi connectivity index (χ3v) is 3.56. The van der Waals surface area contributed by atoms with E-state index >= 15 is 0 Å². The summed E-state index contributed by atoms with van der Waals surface area (Å²) in [6.45, 7) is 2.12. The number of carbonyl (C=O) groups is 2. The van der Waals surface area contributed by atoms with Crippen molar-refractivity contribution in [3.63, 3.8) is 0 Å². The number of ether oxygens (including phenoxy) is 2. The van der Waals surface area contributed by atoms with Crippen LogP contribution in [-0.4, -0.2) is 24.5 Å². The Balaban J connectivity index is 1.52. The lowest BCUT2D eigenvalue weighted by molar-refractivity contribution is -0.135. The van der Waals surface area contributed by atoms with Crippen LogP contribution in [0.25, 0.3) is 0 Å². The van der Waals surface area contributed by atoms with Gasteiger partial charge in [-0.3, -0.25) is 20.4 Å². The minimum Gasteiger partial charge on any atom is -0.485 e. The smallest absolute Gasteiger partial charge is 0.283 e. The van der Waals surface area contributed by atoms with E-state index in [0.717, 1.165) is 6.42 Å². The van der Waals surface area contributed by atoms with E-state index in [-0.39, 0.29) is 18.4 Å². The summed E-state index contributed by atoms with van der Waals surface area (Å²) in [5.41, 5.74) is 4.80. The lowest BCUT2D eigenvalue weighted by Gasteiger charge is -2.25. The highest BCUT2D eigenvalue weighted by molar-refractivity contribution is 5.87. The first-order valence-corrected chi connectivity index (χ1v) is 6.63. The number of hydrogen-bond acceptors (Lipinski definition) is 4. The molecule has 3 rings (SSSR count). The van der Waals surface area contributed by atoms with Crippen LogP contribution in [0.4, 0.5) is 0 Å². The maximum Gasteiger partial charge on any atom is 0.283 e. The van der Waals surface area contributed by atoms with Crippen LogP contribution in [0.5, 0.6) is 11.5 Å². The zero-order valence-electron chi connectivity index (χ0n) is 11.1. The van der Waals surface area contributed by atoms with Crippen LogP contribution < -0.4 is 20.3 Å². The van der Waals surface area contributed by atoms with Gasteiger partial charge in [0.2, 0.25) is 12.0 Å². The quantitative estimate of drug-likeness (QED) is 0.777. The molecule has 0 radical (unpaired) electrons. The van der Waals surface area contributed by atoms with Crippen molar-refractivity contribution in [3.8, 4) is 11.5 Å². The minimum absolute atomic E-state index is 0.0135. The number of hydrazine groups is 1. The normalized spacial score (nSPS) is 26.6. The number of carbonyl (C=O) groups excluding carboxylic acids is 2. The number of rotatable bonds is 2. The van der Waals surface area contributed by atoms with Crippen LogP contribution in [0.3, 0.4) is 0 Å². The highest BCUT2D eigenvalue weighted by atomic mass is 16.6. The molecule has 3 atom stereocenters. The van der Waals surface area contributed by atoms with Gasteiger partial charge >= 0.3 is 0 Å². The number of para-hydroxylation sites is 2. The van der Waals surface area contributed by atoms with Gasteiger partial charge in [-0.25, -0.2) is 0 Å². The summed E-state index contributed by atoms with van der Waals surface area (Å²) in [6.07, 6.45) is 0.111. The molecule has 106 valence electrons. The summed E-state index contributed by atoms with van der Waals surface area (Å²) in [5.74, 6) is 0.991. The molecule has 0 bridgehead atoms. The Morgan fingerprint density at radius 1 is 1.15 bits per heavy atom. The standard InChI is InChI=1S/C14H16N2O4/c1-8-6-9(8)13(17)15-16-14(18)12-7-19-10-4-2-3-5-11(10)20-12/h2-5,8-9,12H,6-7H2,1H3,(H,15,17)(H,16,18). The highest BCUT2D eigenvalue weighted by Crippen LogP contribution is 2.37. The molecule has 0 aromatic heterocycles. The fourth-order valence-corrected chi connectivity index (χ4v) is 2.13. The molecule has 2 amide bonds. The van der Waals surface area contributed by atoms with E-state index in [1.807, 2.05) is 13.0 Å². The summed E-state index contributed by atoms with van der Waals surface area (Å²) >= 11 is 0. The fourth-order valence-electron chi connectivity index (χ4n) is 2.13. The topological polar surface area (TPSA) is 76.7 Å². The van der Waals surface area contributed by atoms with Gasteiger partial charge in [0.15, 0.2) is 11.5 Å². The monoisotopic (exact) mass is 276 g/mol. The molecule has 6 nitrogen and oxygen atoms in total. The Morgan fingerprint density at radius 3 is 2.50 bits per heavy atom. The van der Waals surface area contributed by atoms with Crippen molar-refractivity contribution < 1.29 is 19.1 Å². The second kappa shape index (κ2) is 5.03. The van der Waals surface area contributed by atoms with Gasteiger partial charge in [0.1, 0.15) is 6.61 Å². The third-order valence-electron chi connectivity index (χ3n) is 3.56. The first-order chi connectivity index (χ1) is 9.65. The Morgan fingerprint density at radius 2 is 1.80 bits per heavy atom. The van der Waals surface area contributed by atoms with Crippen molar-refractivity contribution in [2.24, 2.45) is 11.8 Å². The maximum absolute atomic E-state index is 11.9. The molecular formula is C14H16N2O4. The molecule has 20 heavy (non-hydrogen) atoms. The van der Waals surface area contributed by atoms with Gasteiger partial charge in [0.05, 0.1) is 0 Å². The molecule has 1 aromatic carbocycles. The van der Waals surface area contributed by atoms with Gasteiger partial charge in [-0.05, 0) is 24.5 Å². The van der Waals surface area contributed by atoms with E-state index in [0.29, 0.717) is 17.4 Å². The van der Waals surface area contributed by atoms with Gasteiger partial charge in [-0.15, -0.1) is 0 Å². The van der Waals surface area contributed by atoms with Crippen molar-refractivity contribution in [1.82, 2.24) is 10.9 Å².